The average molecular weight is 219 g/mol. The molecule has 1 rings (SSSR count). The minimum atomic E-state index is -1.02. The topological polar surface area (TPSA) is 49.3 Å². The highest BCUT2D eigenvalue weighted by atomic mass is 16.4. The van der Waals surface area contributed by atoms with Gasteiger partial charge in [0.05, 0.1) is 5.54 Å². The summed E-state index contributed by atoms with van der Waals surface area (Å²) in [6.07, 6.45) is -1.02. The molecule has 0 unspecified atom stereocenters. The lowest BCUT2D eigenvalue weighted by Crippen LogP contribution is -2.40. The Morgan fingerprint density at radius 1 is 1.44 bits per heavy atom. The summed E-state index contributed by atoms with van der Waals surface area (Å²) in [5.74, 6) is 0. The number of hydrogen-bond donors (Lipinski definition) is 2. The van der Waals surface area contributed by atoms with Crippen molar-refractivity contribution in [2.24, 2.45) is 0 Å². The predicted molar refractivity (Wildman–Crippen MR) is 65.3 cm³/mol. The van der Waals surface area contributed by atoms with E-state index in [-0.39, 0.29) is 0 Å². The van der Waals surface area contributed by atoms with Crippen LogP contribution >= 0.6 is 0 Å². The van der Waals surface area contributed by atoms with Crippen LogP contribution in [-0.4, -0.2) is 11.2 Å². The van der Waals surface area contributed by atoms with Crippen molar-refractivity contribution >= 4 is 11.7 Å². The fraction of sp³-hybridized carbons (Fsp3) is 0.308. The van der Waals surface area contributed by atoms with E-state index in [1.165, 1.54) is 0 Å². The maximum atomic E-state index is 10.7. The Kier molecular flexibility index (Phi) is 3.38. The second-order valence-electron chi connectivity index (χ2n) is 4.42. The molecule has 2 N–H and O–H groups in total. The largest absolute Gasteiger partial charge is 0.465 e. The lowest BCUT2D eigenvalue weighted by atomic mass is 9.92. The zero-order chi connectivity index (χ0) is 12.3. The first-order valence-electron chi connectivity index (χ1n) is 5.10. The molecule has 0 aliphatic rings. The Morgan fingerprint density at radius 3 is 2.56 bits per heavy atom. The smallest absolute Gasteiger partial charge is 0.405 e. The zero-order valence-corrected chi connectivity index (χ0v) is 9.87. The van der Waals surface area contributed by atoms with Crippen LogP contribution < -0.4 is 5.32 Å². The normalized spacial score (nSPS) is 10.9. The highest BCUT2D eigenvalue weighted by Crippen LogP contribution is 2.23. The number of benzene rings is 1. The summed E-state index contributed by atoms with van der Waals surface area (Å²) in [6.45, 7) is 9.46. The van der Waals surface area contributed by atoms with Crippen LogP contribution in [0.5, 0.6) is 0 Å². The number of rotatable bonds is 3. The Balaban J connectivity index is 3.07. The fourth-order valence-corrected chi connectivity index (χ4v) is 1.51. The minimum Gasteiger partial charge on any atom is -0.465 e. The second kappa shape index (κ2) is 4.39. The molecule has 0 spiro atoms. The Hall–Kier alpha value is -1.77. The van der Waals surface area contributed by atoms with Crippen LogP contribution in [0.15, 0.2) is 30.8 Å². The van der Waals surface area contributed by atoms with E-state index in [0.29, 0.717) is 0 Å². The van der Waals surface area contributed by atoms with Gasteiger partial charge in [0.25, 0.3) is 0 Å². The van der Waals surface area contributed by atoms with Crippen LogP contribution in [0.2, 0.25) is 0 Å². The molecular weight excluding hydrogens is 202 g/mol. The molecule has 3 heteroatoms. The van der Waals surface area contributed by atoms with Crippen LogP contribution in [0.25, 0.3) is 5.57 Å². The van der Waals surface area contributed by atoms with Gasteiger partial charge in [-0.1, -0.05) is 30.4 Å². The Labute approximate surface area is 95.8 Å². The quantitative estimate of drug-likeness (QED) is 0.820. The van der Waals surface area contributed by atoms with E-state index in [1.807, 2.05) is 45.0 Å². The number of carboxylic acid groups (broad SMARTS) is 1. The molecule has 3 nitrogen and oxygen atoms in total. The molecule has 0 aromatic heterocycles. The van der Waals surface area contributed by atoms with Crippen molar-refractivity contribution in [3.05, 3.63) is 42.0 Å². The first kappa shape index (κ1) is 12.3. The highest BCUT2D eigenvalue weighted by molar-refractivity contribution is 5.67. The fourth-order valence-electron chi connectivity index (χ4n) is 1.51. The van der Waals surface area contributed by atoms with Crippen molar-refractivity contribution in [2.75, 3.05) is 0 Å². The van der Waals surface area contributed by atoms with Crippen LogP contribution in [-0.2, 0) is 5.54 Å². The van der Waals surface area contributed by atoms with Crippen molar-refractivity contribution in [1.29, 1.82) is 0 Å². The SMILES string of the molecule is C=C(C)c1cccc(C(C)(C)NC(=O)O)c1. The Bertz CT molecular complexity index is 422. The minimum absolute atomic E-state index is 0.600. The first-order valence-corrected chi connectivity index (χ1v) is 5.10. The molecule has 1 amide bonds. The van der Waals surface area contributed by atoms with Gasteiger partial charge in [-0.3, -0.25) is 0 Å². The number of allylic oxidation sites excluding steroid dienone is 1. The first-order chi connectivity index (χ1) is 7.33. The molecule has 16 heavy (non-hydrogen) atoms. The molecule has 1 aromatic rings. The summed E-state index contributed by atoms with van der Waals surface area (Å²) in [7, 11) is 0. The molecule has 0 aliphatic carbocycles. The molecule has 0 aliphatic heterocycles. The maximum Gasteiger partial charge on any atom is 0.405 e. The molecule has 86 valence electrons. The predicted octanol–water partition coefficient (Wildman–Crippen LogP) is 3.22. The lowest BCUT2D eigenvalue weighted by Gasteiger charge is -2.25. The van der Waals surface area contributed by atoms with Gasteiger partial charge in [0.15, 0.2) is 0 Å². The summed E-state index contributed by atoms with van der Waals surface area (Å²) in [4.78, 5) is 10.7. The van der Waals surface area contributed by atoms with Gasteiger partial charge in [0.2, 0.25) is 0 Å². The van der Waals surface area contributed by atoms with Crippen molar-refractivity contribution in [2.45, 2.75) is 26.3 Å². The standard InChI is InChI=1S/C13H17NO2/c1-9(2)10-6-5-7-11(8-10)13(3,4)14-12(15)16/h5-8,14H,1H2,2-4H3,(H,15,16). The Morgan fingerprint density at radius 2 is 2.06 bits per heavy atom. The number of nitrogens with one attached hydrogen (secondary N) is 1. The summed E-state index contributed by atoms with van der Waals surface area (Å²) in [5.41, 5.74) is 2.32. The molecule has 0 saturated heterocycles. The number of amides is 1. The third-order valence-electron chi connectivity index (χ3n) is 2.50. The van der Waals surface area contributed by atoms with Gasteiger partial charge in [-0.15, -0.1) is 0 Å². The van der Waals surface area contributed by atoms with Crippen LogP contribution in [0.4, 0.5) is 4.79 Å². The van der Waals surface area contributed by atoms with E-state index in [2.05, 4.69) is 11.9 Å². The molecule has 0 fully saturated rings. The van der Waals surface area contributed by atoms with E-state index in [9.17, 15) is 4.79 Å². The van der Waals surface area contributed by atoms with E-state index in [1.54, 1.807) is 0 Å². The number of carbonyl (C=O) groups is 1. The lowest BCUT2D eigenvalue weighted by molar-refractivity contribution is 0.182. The van der Waals surface area contributed by atoms with E-state index in [4.69, 9.17) is 5.11 Å². The van der Waals surface area contributed by atoms with Gasteiger partial charge < -0.3 is 10.4 Å². The van der Waals surface area contributed by atoms with E-state index >= 15 is 0 Å². The van der Waals surface area contributed by atoms with Gasteiger partial charge >= 0.3 is 6.09 Å². The van der Waals surface area contributed by atoms with Gasteiger partial charge in [0, 0.05) is 0 Å². The van der Waals surface area contributed by atoms with Crippen molar-refractivity contribution < 1.29 is 9.90 Å². The van der Waals surface area contributed by atoms with Gasteiger partial charge in [-0.05, 0) is 38.0 Å². The molecule has 0 radical (unpaired) electrons. The highest BCUT2D eigenvalue weighted by Gasteiger charge is 2.22. The molecule has 0 atom stereocenters. The summed E-state index contributed by atoms with van der Waals surface area (Å²) in [6, 6.07) is 7.73. The monoisotopic (exact) mass is 219 g/mol. The van der Waals surface area contributed by atoms with Gasteiger partial charge in [0.1, 0.15) is 0 Å². The summed E-state index contributed by atoms with van der Waals surface area (Å²) >= 11 is 0. The molecular formula is C13H17NO2. The van der Waals surface area contributed by atoms with Gasteiger partial charge in [-0.25, -0.2) is 4.79 Å². The average Bonchev–Trinajstić information content (AvgIpc) is 2.16. The third kappa shape index (κ3) is 2.86. The van der Waals surface area contributed by atoms with Crippen molar-refractivity contribution in [3.63, 3.8) is 0 Å². The van der Waals surface area contributed by atoms with Crippen molar-refractivity contribution in [3.8, 4) is 0 Å². The van der Waals surface area contributed by atoms with Crippen LogP contribution in [0.3, 0.4) is 0 Å². The molecule has 0 bridgehead atoms. The van der Waals surface area contributed by atoms with E-state index < -0.39 is 11.6 Å². The van der Waals surface area contributed by atoms with E-state index in [0.717, 1.165) is 16.7 Å². The van der Waals surface area contributed by atoms with Gasteiger partial charge in [-0.2, -0.15) is 0 Å². The number of hydrogen-bond acceptors (Lipinski definition) is 1. The van der Waals surface area contributed by atoms with Crippen LogP contribution in [0.1, 0.15) is 31.9 Å². The summed E-state index contributed by atoms with van der Waals surface area (Å²) in [5, 5.41) is 11.2. The molecule has 0 heterocycles. The van der Waals surface area contributed by atoms with Crippen LogP contribution in [0, 0.1) is 0 Å². The van der Waals surface area contributed by atoms with Crippen molar-refractivity contribution in [1.82, 2.24) is 5.32 Å². The summed E-state index contributed by atoms with van der Waals surface area (Å²) < 4.78 is 0. The zero-order valence-electron chi connectivity index (χ0n) is 9.87. The molecule has 0 saturated carbocycles. The second-order valence-corrected chi connectivity index (χ2v) is 4.42. The molecule has 1 aromatic carbocycles. The third-order valence-corrected chi connectivity index (χ3v) is 2.50. The maximum absolute atomic E-state index is 10.7.